The molecule has 11 nitrogen and oxygen atoms in total. The van der Waals surface area contributed by atoms with Gasteiger partial charge in [-0.2, -0.15) is 0 Å². The molecule has 2 aliphatic rings. The summed E-state index contributed by atoms with van der Waals surface area (Å²) in [6.07, 6.45) is 6.22. The van der Waals surface area contributed by atoms with Crippen molar-refractivity contribution in [3.63, 3.8) is 0 Å². The smallest absolute Gasteiger partial charge is 0.246 e. The minimum atomic E-state index is -0.00562. The van der Waals surface area contributed by atoms with E-state index >= 15 is 0 Å². The number of likely N-dealkylation sites (N-methyl/N-ethyl adjacent to an activating group) is 1. The average Bonchev–Trinajstić information content (AvgIpc) is 3.07. The van der Waals surface area contributed by atoms with E-state index in [2.05, 4.69) is 62.9 Å². The molecule has 252 valence electrons. The minimum Gasteiger partial charge on any atom is -0.369 e. The predicted octanol–water partition coefficient (Wildman–Crippen LogP) is 3.39. The number of ketones is 1. The van der Waals surface area contributed by atoms with Crippen molar-refractivity contribution in [2.45, 2.75) is 19.8 Å². The Morgan fingerprint density at radius 2 is 1.48 bits per heavy atom. The molecule has 1 amide bonds. The summed E-state index contributed by atoms with van der Waals surface area (Å²) in [5, 5.41) is 3.39. The normalized spacial score (nSPS) is 15.1. The van der Waals surface area contributed by atoms with Gasteiger partial charge >= 0.3 is 0 Å². The lowest BCUT2D eigenvalue weighted by Crippen LogP contribution is -2.48. The Balaban J connectivity index is 0.00000121. The second-order valence-electron chi connectivity index (χ2n) is 11.4. The van der Waals surface area contributed by atoms with Gasteiger partial charge in [0.05, 0.1) is 0 Å². The number of allylic oxidation sites excluding steroid dienone is 1. The Kier molecular flexibility index (Phi) is 19.3. The third kappa shape index (κ3) is 14.7. The molecule has 0 aliphatic carbocycles. The van der Waals surface area contributed by atoms with Crippen molar-refractivity contribution in [2.24, 2.45) is 0 Å². The van der Waals surface area contributed by atoms with Crippen LogP contribution in [0, 0.1) is 6.92 Å². The maximum Gasteiger partial charge on any atom is 0.246 e. The number of hydrogen-bond acceptors (Lipinski definition) is 10. The van der Waals surface area contributed by atoms with E-state index in [4.69, 9.17) is 9.59 Å². The van der Waals surface area contributed by atoms with E-state index in [9.17, 15) is 9.59 Å². The maximum absolute atomic E-state index is 12.4. The summed E-state index contributed by atoms with van der Waals surface area (Å²) in [6, 6.07) is 12.5. The summed E-state index contributed by atoms with van der Waals surface area (Å²) in [5.41, 5.74) is 4.07. The number of hydrogen-bond donors (Lipinski definition) is 1. The lowest BCUT2D eigenvalue weighted by molar-refractivity contribution is -0.127. The minimum absolute atomic E-state index is 0.00562. The average molecular weight is 636 g/mol. The number of piperazine rings is 2. The number of nitrogens with one attached hydrogen (secondary N) is 1. The molecule has 4 rings (SSSR count). The van der Waals surface area contributed by atoms with Crippen molar-refractivity contribution in [2.75, 3.05) is 97.3 Å². The van der Waals surface area contributed by atoms with Crippen LogP contribution in [0.25, 0.3) is 6.08 Å². The molecule has 0 bridgehead atoms. The number of pyridine rings is 1. The molecule has 0 atom stereocenters. The van der Waals surface area contributed by atoms with Crippen molar-refractivity contribution in [1.29, 1.82) is 0 Å². The second-order valence-corrected chi connectivity index (χ2v) is 11.4. The molecule has 0 spiro atoms. The molecule has 2 aliphatic heterocycles. The van der Waals surface area contributed by atoms with Crippen LogP contribution < -0.4 is 10.2 Å². The van der Waals surface area contributed by atoms with Crippen molar-refractivity contribution in [1.82, 2.24) is 24.6 Å². The van der Waals surface area contributed by atoms with Crippen LogP contribution in [0.15, 0.2) is 55.1 Å². The van der Waals surface area contributed by atoms with Gasteiger partial charge in [0.15, 0.2) is 5.78 Å². The predicted molar refractivity (Wildman–Crippen MR) is 189 cm³/mol. The number of amides is 1. The zero-order chi connectivity index (χ0) is 34.5. The summed E-state index contributed by atoms with van der Waals surface area (Å²) in [6.45, 7) is 17.8. The SMILES string of the molecule is C=CC(=O)N1CCN(CCCC(=O)/C=C\c2ccc(Nc3ccc(N4CCN(C)CC4)cc3)nc2C)CC1.C=O.C=O.CN(C)C. The van der Waals surface area contributed by atoms with Gasteiger partial charge in [0.1, 0.15) is 19.4 Å². The van der Waals surface area contributed by atoms with Crippen LogP contribution >= 0.6 is 0 Å². The Bertz CT molecular complexity index is 1220. The number of rotatable bonds is 10. The van der Waals surface area contributed by atoms with Gasteiger partial charge in [0.25, 0.3) is 0 Å². The van der Waals surface area contributed by atoms with E-state index in [0.29, 0.717) is 6.42 Å². The van der Waals surface area contributed by atoms with Crippen molar-refractivity contribution < 1.29 is 19.2 Å². The zero-order valence-corrected chi connectivity index (χ0v) is 28.4. The fourth-order valence-electron chi connectivity index (χ4n) is 4.85. The van der Waals surface area contributed by atoms with Crippen molar-refractivity contribution in [3.05, 3.63) is 66.4 Å². The van der Waals surface area contributed by atoms with Crippen LogP contribution in [0.5, 0.6) is 0 Å². The lowest BCUT2D eigenvalue weighted by atomic mass is 10.1. The first-order valence-corrected chi connectivity index (χ1v) is 15.5. The van der Waals surface area contributed by atoms with Gasteiger partial charge in [-0.05, 0) is 108 Å². The summed E-state index contributed by atoms with van der Waals surface area (Å²) in [4.78, 5) is 55.7. The number of nitrogens with zero attached hydrogens (tertiary/aromatic N) is 6. The highest BCUT2D eigenvalue weighted by atomic mass is 16.2. The highest BCUT2D eigenvalue weighted by Crippen LogP contribution is 2.22. The fourth-order valence-corrected chi connectivity index (χ4v) is 4.85. The number of carbonyl (C=O) groups excluding carboxylic acids is 4. The summed E-state index contributed by atoms with van der Waals surface area (Å²) < 4.78 is 0. The van der Waals surface area contributed by atoms with Crippen LogP contribution in [-0.2, 0) is 19.2 Å². The molecule has 0 radical (unpaired) electrons. The highest BCUT2D eigenvalue weighted by Gasteiger charge is 2.19. The molecule has 46 heavy (non-hydrogen) atoms. The topological polar surface area (TPSA) is 109 Å². The van der Waals surface area contributed by atoms with Gasteiger partial charge in [-0.3, -0.25) is 14.5 Å². The Morgan fingerprint density at radius 3 is 2.02 bits per heavy atom. The van der Waals surface area contributed by atoms with Gasteiger partial charge in [-0.15, -0.1) is 0 Å². The van der Waals surface area contributed by atoms with Crippen LogP contribution in [0.4, 0.5) is 17.2 Å². The highest BCUT2D eigenvalue weighted by molar-refractivity contribution is 5.93. The number of aromatic nitrogens is 1. The quantitative estimate of drug-likeness (QED) is 0.391. The monoisotopic (exact) mass is 635 g/mol. The molecule has 2 aromatic rings. The van der Waals surface area contributed by atoms with Gasteiger partial charge in [-0.25, -0.2) is 4.98 Å². The fraction of sp³-hybridized carbons (Fsp3) is 0.457. The first-order valence-electron chi connectivity index (χ1n) is 15.5. The van der Waals surface area contributed by atoms with Crippen LogP contribution in [-0.4, -0.2) is 137 Å². The van der Waals surface area contributed by atoms with Gasteiger partial charge in [-0.1, -0.05) is 6.58 Å². The van der Waals surface area contributed by atoms with Crippen molar-refractivity contribution in [3.8, 4) is 0 Å². The standard InChI is InChI=1S/C30H40N6O2.C3H9N.2CH2O/c1-4-30(38)36-22-18-34(19-23-36)15-5-6-28(37)13-7-25-8-14-29(31-24(25)2)32-26-9-11-27(12-10-26)35-20-16-33(3)17-21-35;1-4(2)3;2*1-2/h4,7-14H,1,5-6,15-23H2,2-3H3,(H,31,32);1-3H3;2*1H2/b13-7-;;;. The molecule has 1 N–H and O–H groups in total. The van der Waals surface area contributed by atoms with E-state index in [0.717, 1.165) is 88.1 Å². The Morgan fingerprint density at radius 1 is 0.891 bits per heavy atom. The zero-order valence-electron chi connectivity index (χ0n) is 28.4. The summed E-state index contributed by atoms with van der Waals surface area (Å²) in [5.74, 6) is 0.898. The largest absolute Gasteiger partial charge is 0.369 e. The van der Waals surface area contributed by atoms with Crippen molar-refractivity contribution >= 4 is 48.5 Å². The molecule has 11 heteroatoms. The van der Waals surface area contributed by atoms with E-state index in [1.807, 2.05) is 69.7 Å². The number of benzene rings is 1. The molecular weight excluding hydrogens is 582 g/mol. The third-order valence-electron chi connectivity index (χ3n) is 7.34. The molecule has 2 saturated heterocycles. The van der Waals surface area contributed by atoms with Crippen LogP contribution in [0.2, 0.25) is 0 Å². The molecular formula is C35H53N7O4. The first-order chi connectivity index (χ1) is 22.1. The summed E-state index contributed by atoms with van der Waals surface area (Å²) in [7, 11) is 8.17. The maximum atomic E-state index is 12.4. The van der Waals surface area contributed by atoms with E-state index < -0.39 is 0 Å². The molecule has 2 fully saturated rings. The molecule has 1 aromatic heterocycles. The van der Waals surface area contributed by atoms with Gasteiger partial charge < -0.3 is 34.5 Å². The number of carbonyl (C=O) groups is 4. The molecule has 1 aromatic carbocycles. The van der Waals surface area contributed by atoms with Crippen LogP contribution in [0.1, 0.15) is 24.1 Å². The second kappa shape index (κ2) is 22.3. The lowest BCUT2D eigenvalue weighted by Gasteiger charge is -2.34. The number of anilines is 3. The van der Waals surface area contributed by atoms with E-state index in [1.54, 1.807) is 6.08 Å². The van der Waals surface area contributed by atoms with Gasteiger partial charge in [0.2, 0.25) is 5.91 Å². The van der Waals surface area contributed by atoms with Crippen LogP contribution in [0.3, 0.4) is 0 Å². The third-order valence-corrected chi connectivity index (χ3v) is 7.34. The Labute approximate surface area is 275 Å². The molecule has 3 heterocycles. The first kappa shape index (κ1) is 39.8. The van der Waals surface area contributed by atoms with E-state index in [1.165, 1.54) is 11.8 Å². The molecule has 0 unspecified atom stereocenters. The van der Waals surface area contributed by atoms with E-state index in [-0.39, 0.29) is 11.7 Å². The summed E-state index contributed by atoms with van der Waals surface area (Å²) >= 11 is 0. The molecule has 0 saturated carbocycles. The Hall–Kier alpha value is -4.19. The number of aryl methyl sites for hydroxylation is 1. The van der Waals surface area contributed by atoms with Gasteiger partial charge in [0, 0.05) is 75.8 Å².